The molecule has 0 amide bonds. The minimum atomic E-state index is -4.45. The van der Waals surface area contributed by atoms with Gasteiger partial charge in [0.15, 0.2) is 0 Å². The molecule has 0 unspecified atom stereocenters. The van der Waals surface area contributed by atoms with Crippen LogP contribution in [0.15, 0.2) is 30.7 Å². The van der Waals surface area contributed by atoms with Crippen LogP contribution in [0.1, 0.15) is 42.8 Å². The third-order valence-corrected chi connectivity index (χ3v) is 4.08. The summed E-state index contributed by atoms with van der Waals surface area (Å²) in [6, 6.07) is 2.29. The van der Waals surface area contributed by atoms with E-state index in [0.29, 0.717) is 18.7 Å². The van der Waals surface area contributed by atoms with Crippen molar-refractivity contribution < 1.29 is 18.3 Å². The number of imidazole rings is 1. The lowest BCUT2D eigenvalue weighted by Crippen LogP contribution is -2.27. The number of nitrogens with zero attached hydrogens (tertiary/aromatic N) is 3. The third kappa shape index (κ3) is 2.72. The van der Waals surface area contributed by atoms with Gasteiger partial charge >= 0.3 is 6.18 Å². The van der Waals surface area contributed by atoms with Crippen LogP contribution in [-0.4, -0.2) is 19.6 Å². The Morgan fingerprint density at radius 1 is 1.18 bits per heavy atom. The molecule has 2 aromatic heterocycles. The maximum atomic E-state index is 13.0. The van der Waals surface area contributed by atoms with Gasteiger partial charge in [0.1, 0.15) is 11.4 Å². The van der Waals surface area contributed by atoms with E-state index in [9.17, 15) is 18.3 Å². The summed E-state index contributed by atoms with van der Waals surface area (Å²) in [5.41, 5.74) is -1.87. The van der Waals surface area contributed by atoms with Crippen molar-refractivity contribution >= 4 is 0 Å². The molecule has 0 aromatic carbocycles. The molecule has 1 N–H and O–H groups in total. The highest BCUT2D eigenvalue weighted by Crippen LogP contribution is 2.38. The molecule has 7 heteroatoms. The molecule has 118 valence electrons. The van der Waals surface area contributed by atoms with Gasteiger partial charge in [-0.25, -0.2) is 4.98 Å². The van der Waals surface area contributed by atoms with E-state index in [-0.39, 0.29) is 12.2 Å². The smallest absolute Gasteiger partial charge is 0.382 e. The quantitative estimate of drug-likeness (QED) is 0.947. The van der Waals surface area contributed by atoms with Crippen LogP contribution in [0, 0.1) is 0 Å². The first-order valence-electron chi connectivity index (χ1n) is 7.15. The number of aliphatic hydroxyl groups is 1. The number of rotatable bonds is 3. The monoisotopic (exact) mass is 311 g/mol. The fourth-order valence-corrected chi connectivity index (χ4v) is 3.01. The molecule has 1 aliphatic carbocycles. The van der Waals surface area contributed by atoms with Crippen molar-refractivity contribution in [3.05, 3.63) is 47.8 Å². The highest BCUT2D eigenvalue weighted by atomic mass is 19.4. The highest BCUT2D eigenvalue weighted by molar-refractivity contribution is 5.24. The summed E-state index contributed by atoms with van der Waals surface area (Å²) in [4.78, 5) is 8.02. The van der Waals surface area contributed by atoms with Crippen molar-refractivity contribution in [2.45, 2.75) is 44.0 Å². The minimum absolute atomic E-state index is 0.0622. The average molecular weight is 311 g/mol. The molecular weight excluding hydrogens is 295 g/mol. The van der Waals surface area contributed by atoms with Gasteiger partial charge in [-0.1, -0.05) is 0 Å². The number of alkyl halides is 3. The Hall–Kier alpha value is -1.89. The summed E-state index contributed by atoms with van der Waals surface area (Å²) in [6.45, 7) is -0.0622. The van der Waals surface area contributed by atoms with Gasteiger partial charge in [-0.05, 0) is 37.8 Å². The molecule has 0 spiro atoms. The van der Waals surface area contributed by atoms with E-state index < -0.39 is 17.3 Å². The van der Waals surface area contributed by atoms with Gasteiger partial charge in [0.25, 0.3) is 0 Å². The van der Waals surface area contributed by atoms with Gasteiger partial charge in [-0.2, -0.15) is 13.2 Å². The maximum absolute atomic E-state index is 13.0. The van der Waals surface area contributed by atoms with E-state index in [1.165, 1.54) is 18.5 Å². The molecule has 2 aromatic rings. The van der Waals surface area contributed by atoms with Crippen molar-refractivity contribution in [1.82, 2.24) is 14.5 Å². The lowest BCUT2D eigenvalue weighted by molar-refractivity contribution is -0.138. The molecule has 1 fully saturated rings. The van der Waals surface area contributed by atoms with Gasteiger partial charge in [0.05, 0.1) is 17.8 Å². The van der Waals surface area contributed by atoms with Crippen LogP contribution in [0.25, 0.3) is 0 Å². The first-order chi connectivity index (χ1) is 10.4. The van der Waals surface area contributed by atoms with E-state index in [1.54, 1.807) is 10.8 Å². The summed E-state index contributed by atoms with van der Waals surface area (Å²) in [5.74, 6) is 0.420. The maximum Gasteiger partial charge on any atom is 0.418 e. The molecule has 22 heavy (non-hydrogen) atoms. The third-order valence-electron chi connectivity index (χ3n) is 4.08. The number of pyridine rings is 1. The molecule has 3 rings (SSSR count). The molecule has 0 radical (unpaired) electrons. The van der Waals surface area contributed by atoms with E-state index in [2.05, 4.69) is 9.97 Å². The van der Waals surface area contributed by atoms with Gasteiger partial charge < -0.3 is 9.67 Å². The summed E-state index contributed by atoms with van der Waals surface area (Å²) >= 11 is 0. The molecule has 1 aliphatic rings. The van der Waals surface area contributed by atoms with Crippen molar-refractivity contribution in [2.24, 2.45) is 0 Å². The van der Waals surface area contributed by atoms with Crippen molar-refractivity contribution in [3.8, 4) is 0 Å². The van der Waals surface area contributed by atoms with Crippen LogP contribution in [0.4, 0.5) is 13.2 Å². The molecular formula is C15H16F3N3O. The van der Waals surface area contributed by atoms with Crippen molar-refractivity contribution in [1.29, 1.82) is 0 Å². The second kappa shape index (κ2) is 5.39. The molecule has 0 bridgehead atoms. The number of hydrogen-bond acceptors (Lipinski definition) is 3. The zero-order chi connectivity index (χ0) is 15.8. The molecule has 0 atom stereocenters. The zero-order valence-corrected chi connectivity index (χ0v) is 11.8. The lowest BCUT2D eigenvalue weighted by Gasteiger charge is -2.23. The Kier molecular flexibility index (Phi) is 3.68. The molecule has 2 heterocycles. The van der Waals surface area contributed by atoms with Crippen molar-refractivity contribution in [2.75, 3.05) is 0 Å². The largest absolute Gasteiger partial charge is 0.418 e. The van der Waals surface area contributed by atoms with Crippen LogP contribution in [0.3, 0.4) is 0 Å². The zero-order valence-electron chi connectivity index (χ0n) is 11.8. The Morgan fingerprint density at radius 3 is 2.59 bits per heavy atom. The van der Waals surface area contributed by atoms with Gasteiger partial charge in [0, 0.05) is 18.6 Å². The van der Waals surface area contributed by atoms with Crippen LogP contribution in [0.2, 0.25) is 0 Å². The lowest BCUT2D eigenvalue weighted by atomic mass is 10.0. The SMILES string of the molecule is OC1(c2nccn2Cc2ncccc2C(F)(F)F)CCCC1. The fraction of sp³-hybridized carbons (Fsp3) is 0.467. The van der Waals surface area contributed by atoms with E-state index in [0.717, 1.165) is 18.9 Å². The summed E-state index contributed by atoms with van der Waals surface area (Å²) in [5, 5.41) is 10.6. The topological polar surface area (TPSA) is 50.9 Å². The summed E-state index contributed by atoms with van der Waals surface area (Å²) in [6.07, 6.45) is 2.92. The van der Waals surface area contributed by atoms with Gasteiger partial charge in [-0.15, -0.1) is 0 Å². The van der Waals surface area contributed by atoms with E-state index in [4.69, 9.17) is 0 Å². The first-order valence-corrected chi connectivity index (χ1v) is 7.15. The predicted molar refractivity (Wildman–Crippen MR) is 72.9 cm³/mol. The van der Waals surface area contributed by atoms with Crippen LogP contribution < -0.4 is 0 Å². The van der Waals surface area contributed by atoms with Gasteiger partial charge in [-0.3, -0.25) is 4.98 Å². The Morgan fingerprint density at radius 2 is 1.91 bits per heavy atom. The predicted octanol–water partition coefficient (Wildman–Crippen LogP) is 3.11. The highest BCUT2D eigenvalue weighted by Gasteiger charge is 2.38. The number of hydrogen-bond donors (Lipinski definition) is 1. The van der Waals surface area contributed by atoms with Crippen molar-refractivity contribution in [3.63, 3.8) is 0 Å². The minimum Gasteiger partial charge on any atom is -0.382 e. The number of halogens is 3. The molecule has 1 saturated carbocycles. The normalized spacial score (nSPS) is 17.8. The summed E-state index contributed by atoms with van der Waals surface area (Å²) < 4.78 is 40.7. The Bertz CT molecular complexity index is 660. The average Bonchev–Trinajstić information content (AvgIpc) is 3.08. The summed E-state index contributed by atoms with van der Waals surface area (Å²) in [7, 11) is 0. The molecule has 0 aliphatic heterocycles. The first kappa shape index (κ1) is 15.0. The second-order valence-electron chi connectivity index (χ2n) is 5.61. The number of aromatic nitrogens is 3. The Balaban J connectivity index is 1.94. The van der Waals surface area contributed by atoms with Gasteiger partial charge in [0.2, 0.25) is 0 Å². The second-order valence-corrected chi connectivity index (χ2v) is 5.61. The Labute approximate surface area is 125 Å². The van der Waals surface area contributed by atoms with E-state index in [1.807, 2.05) is 0 Å². The fourth-order valence-electron chi connectivity index (χ4n) is 3.01. The molecule has 0 saturated heterocycles. The van der Waals surface area contributed by atoms with Crippen LogP contribution in [-0.2, 0) is 18.3 Å². The van der Waals surface area contributed by atoms with E-state index >= 15 is 0 Å². The van der Waals surface area contributed by atoms with Crippen LogP contribution in [0.5, 0.6) is 0 Å². The molecule has 4 nitrogen and oxygen atoms in total. The standard InChI is InChI=1S/C15H16F3N3O/c16-15(17,18)11-4-3-7-19-12(11)10-21-9-8-20-13(21)14(22)5-1-2-6-14/h3-4,7-9,22H,1-2,5-6,10H2. The van der Waals surface area contributed by atoms with Crippen LogP contribution >= 0.6 is 0 Å².